The van der Waals surface area contributed by atoms with Gasteiger partial charge in [0.1, 0.15) is 6.04 Å². The molecule has 1 N–H and O–H groups in total. The number of benzene rings is 1. The highest BCUT2D eigenvalue weighted by Gasteiger charge is 2.27. The van der Waals surface area contributed by atoms with Crippen LogP contribution in [0.2, 0.25) is 0 Å². The van der Waals surface area contributed by atoms with Gasteiger partial charge in [-0.1, -0.05) is 28.1 Å². The Kier molecular flexibility index (Phi) is 3.10. The fraction of sp³-hybridized carbons (Fsp3) is 0.333. The van der Waals surface area contributed by atoms with Crippen molar-refractivity contribution >= 4 is 27.6 Å². The molecule has 1 heterocycles. The number of Topliss-reactive ketones (excluding diaryl/α,β-unsaturated/α-hetero) is 1. The normalized spacial score (nSPS) is 20.8. The molecule has 1 aliphatic rings. The molecule has 3 nitrogen and oxygen atoms in total. The van der Waals surface area contributed by atoms with Gasteiger partial charge in [0.15, 0.2) is 5.78 Å². The average molecular weight is 282 g/mol. The summed E-state index contributed by atoms with van der Waals surface area (Å²) in [6, 6.07) is 5.24. The predicted octanol–water partition coefficient (Wildman–Crippen LogP) is 2.28. The third-order valence-corrected chi connectivity index (χ3v) is 3.61. The average Bonchev–Trinajstić information content (AvgIpc) is 2.26. The maximum atomic E-state index is 11.7. The zero-order chi connectivity index (χ0) is 11.7. The van der Waals surface area contributed by atoms with Gasteiger partial charge in [-0.3, -0.25) is 9.59 Å². The lowest BCUT2D eigenvalue weighted by Gasteiger charge is -2.22. The maximum absolute atomic E-state index is 11.7. The molecule has 16 heavy (non-hydrogen) atoms. The molecule has 1 fully saturated rings. The Labute approximate surface area is 102 Å². The number of piperidine rings is 1. The lowest BCUT2D eigenvalue weighted by molar-refractivity contribution is -0.132. The van der Waals surface area contributed by atoms with Crippen LogP contribution >= 0.6 is 15.9 Å². The first-order chi connectivity index (χ1) is 7.58. The van der Waals surface area contributed by atoms with Gasteiger partial charge in [-0.25, -0.2) is 0 Å². The second-order valence-electron chi connectivity index (χ2n) is 3.98. The first-order valence-corrected chi connectivity index (χ1v) is 5.95. The van der Waals surface area contributed by atoms with E-state index in [0.717, 1.165) is 15.6 Å². The van der Waals surface area contributed by atoms with Gasteiger partial charge in [0.25, 0.3) is 0 Å². The Balaban J connectivity index is 2.31. The SMILES string of the molecule is Cc1ccc(C2NC(=O)CCC2=O)cc1Br. The van der Waals surface area contributed by atoms with Crippen molar-refractivity contribution in [2.45, 2.75) is 25.8 Å². The van der Waals surface area contributed by atoms with Gasteiger partial charge >= 0.3 is 0 Å². The van der Waals surface area contributed by atoms with Crippen LogP contribution in [0.15, 0.2) is 22.7 Å². The molecule has 1 atom stereocenters. The molecule has 2 rings (SSSR count). The van der Waals surface area contributed by atoms with Crippen LogP contribution in [0.5, 0.6) is 0 Å². The summed E-state index contributed by atoms with van der Waals surface area (Å²) in [5.41, 5.74) is 1.95. The second-order valence-corrected chi connectivity index (χ2v) is 4.83. The molecule has 0 saturated carbocycles. The van der Waals surface area contributed by atoms with Gasteiger partial charge in [0.2, 0.25) is 5.91 Å². The van der Waals surface area contributed by atoms with E-state index in [1.54, 1.807) is 0 Å². The maximum Gasteiger partial charge on any atom is 0.221 e. The summed E-state index contributed by atoms with van der Waals surface area (Å²) in [7, 11) is 0. The van der Waals surface area contributed by atoms with E-state index in [-0.39, 0.29) is 11.7 Å². The van der Waals surface area contributed by atoms with E-state index >= 15 is 0 Å². The number of aryl methyl sites for hydroxylation is 1. The topological polar surface area (TPSA) is 46.2 Å². The molecule has 1 aliphatic heterocycles. The van der Waals surface area contributed by atoms with E-state index in [9.17, 15) is 9.59 Å². The Hall–Kier alpha value is -1.16. The fourth-order valence-corrected chi connectivity index (χ4v) is 2.15. The van der Waals surface area contributed by atoms with E-state index in [2.05, 4.69) is 21.2 Å². The molecule has 1 aromatic carbocycles. The van der Waals surface area contributed by atoms with Crippen molar-refractivity contribution in [3.8, 4) is 0 Å². The Morgan fingerprint density at radius 1 is 1.31 bits per heavy atom. The molecule has 0 aliphatic carbocycles. The van der Waals surface area contributed by atoms with Crippen molar-refractivity contribution in [3.05, 3.63) is 33.8 Å². The number of hydrogen-bond acceptors (Lipinski definition) is 2. The van der Waals surface area contributed by atoms with Gasteiger partial charge in [-0.15, -0.1) is 0 Å². The van der Waals surface area contributed by atoms with Crippen LogP contribution in [0.3, 0.4) is 0 Å². The van der Waals surface area contributed by atoms with Crippen molar-refractivity contribution in [1.29, 1.82) is 0 Å². The summed E-state index contributed by atoms with van der Waals surface area (Å²) >= 11 is 3.42. The highest BCUT2D eigenvalue weighted by Crippen LogP contribution is 2.25. The van der Waals surface area contributed by atoms with E-state index in [1.165, 1.54) is 0 Å². The third-order valence-electron chi connectivity index (χ3n) is 2.75. The van der Waals surface area contributed by atoms with Crippen molar-refractivity contribution in [2.75, 3.05) is 0 Å². The number of halogens is 1. The number of carbonyl (C=O) groups is 2. The molecular weight excluding hydrogens is 270 g/mol. The summed E-state index contributed by atoms with van der Waals surface area (Å²) in [6.07, 6.45) is 0.643. The first kappa shape index (κ1) is 11.3. The van der Waals surface area contributed by atoms with E-state index < -0.39 is 6.04 Å². The Morgan fingerprint density at radius 2 is 2.06 bits per heavy atom. The first-order valence-electron chi connectivity index (χ1n) is 5.16. The van der Waals surface area contributed by atoms with E-state index in [0.29, 0.717) is 12.8 Å². The lowest BCUT2D eigenvalue weighted by Crippen LogP contribution is -2.38. The zero-order valence-electron chi connectivity index (χ0n) is 8.92. The van der Waals surface area contributed by atoms with Crippen LogP contribution in [0.1, 0.15) is 30.0 Å². The lowest BCUT2D eigenvalue weighted by atomic mass is 9.95. The summed E-state index contributed by atoms with van der Waals surface area (Å²) in [4.78, 5) is 23.0. The molecule has 0 bridgehead atoms. The van der Waals surface area contributed by atoms with Crippen molar-refractivity contribution < 1.29 is 9.59 Å². The smallest absolute Gasteiger partial charge is 0.221 e. The highest BCUT2D eigenvalue weighted by molar-refractivity contribution is 9.10. The summed E-state index contributed by atoms with van der Waals surface area (Å²) in [5, 5.41) is 2.72. The van der Waals surface area contributed by atoms with Gasteiger partial charge in [-0.2, -0.15) is 0 Å². The number of carbonyl (C=O) groups excluding carboxylic acids is 2. The number of amides is 1. The molecule has 0 aromatic heterocycles. The quantitative estimate of drug-likeness (QED) is 0.859. The summed E-state index contributed by atoms with van der Waals surface area (Å²) in [6.45, 7) is 1.98. The van der Waals surface area contributed by atoms with Crippen LogP contribution < -0.4 is 5.32 Å². The van der Waals surface area contributed by atoms with Gasteiger partial charge in [0.05, 0.1) is 0 Å². The number of hydrogen-bond donors (Lipinski definition) is 1. The van der Waals surface area contributed by atoms with Crippen LogP contribution in [0, 0.1) is 6.92 Å². The zero-order valence-corrected chi connectivity index (χ0v) is 10.5. The van der Waals surface area contributed by atoms with Crippen molar-refractivity contribution in [3.63, 3.8) is 0 Å². The van der Waals surface area contributed by atoms with Gasteiger partial charge < -0.3 is 5.32 Å². The van der Waals surface area contributed by atoms with Crippen LogP contribution in [-0.4, -0.2) is 11.7 Å². The summed E-state index contributed by atoms with van der Waals surface area (Å²) in [5.74, 6) is 0.0247. The highest BCUT2D eigenvalue weighted by atomic mass is 79.9. The molecule has 84 valence electrons. The second kappa shape index (κ2) is 4.37. The van der Waals surface area contributed by atoms with E-state index in [4.69, 9.17) is 0 Å². The predicted molar refractivity (Wildman–Crippen MR) is 64.0 cm³/mol. The monoisotopic (exact) mass is 281 g/mol. The van der Waals surface area contributed by atoms with Crippen LogP contribution in [0.25, 0.3) is 0 Å². The fourth-order valence-electron chi connectivity index (χ4n) is 1.75. The van der Waals surface area contributed by atoms with Gasteiger partial charge in [-0.05, 0) is 24.1 Å². The minimum atomic E-state index is -0.474. The molecule has 1 aromatic rings. The Bertz CT molecular complexity index is 456. The van der Waals surface area contributed by atoms with Gasteiger partial charge in [0, 0.05) is 17.3 Å². The van der Waals surface area contributed by atoms with Crippen molar-refractivity contribution in [2.24, 2.45) is 0 Å². The molecule has 1 unspecified atom stereocenters. The standard InChI is InChI=1S/C12H12BrNO2/c1-7-2-3-8(6-9(7)13)12-10(15)4-5-11(16)14-12/h2-3,6,12H,4-5H2,1H3,(H,14,16). The molecule has 1 saturated heterocycles. The third kappa shape index (κ3) is 2.16. The number of nitrogens with one attached hydrogen (secondary N) is 1. The molecule has 0 spiro atoms. The van der Waals surface area contributed by atoms with Crippen molar-refractivity contribution in [1.82, 2.24) is 5.32 Å². The largest absolute Gasteiger partial charge is 0.342 e. The van der Waals surface area contributed by atoms with Crippen LogP contribution in [0.4, 0.5) is 0 Å². The molecule has 0 radical (unpaired) electrons. The van der Waals surface area contributed by atoms with E-state index in [1.807, 2.05) is 25.1 Å². The minimum Gasteiger partial charge on any atom is -0.342 e. The molecule has 4 heteroatoms. The molecular formula is C12H12BrNO2. The Morgan fingerprint density at radius 3 is 2.75 bits per heavy atom. The summed E-state index contributed by atoms with van der Waals surface area (Å²) < 4.78 is 0.956. The minimum absolute atomic E-state index is 0.0544. The number of rotatable bonds is 1. The number of ketones is 1. The molecule has 1 amide bonds. The van der Waals surface area contributed by atoms with Crippen LogP contribution in [-0.2, 0) is 9.59 Å².